The summed E-state index contributed by atoms with van der Waals surface area (Å²) >= 11 is 5.85. The predicted octanol–water partition coefficient (Wildman–Crippen LogP) is 3.49. The lowest BCUT2D eigenvalue weighted by Crippen LogP contribution is -2.39. The van der Waals surface area contributed by atoms with Gasteiger partial charge in [-0.2, -0.15) is 13.2 Å². The highest BCUT2D eigenvalue weighted by Crippen LogP contribution is 2.39. The van der Waals surface area contributed by atoms with Gasteiger partial charge in [-0.1, -0.05) is 13.3 Å². The normalized spacial score (nSPS) is 26.7. The second-order valence-electron chi connectivity index (χ2n) is 4.85. The molecule has 1 N–H and O–H groups in total. The number of hydrogen-bond acceptors (Lipinski definition) is 1. The molecule has 0 bridgehead atoms. The molecular formula is C12H19ClF3NO. The first kappa shape index (κ1) is 15.6. The second-order valence-corrected chi connectivity index (χ2v) is 5.47. The van der Waals surface area contributed by atoms with Crippen LogP contribution in [0.2, 0.25) is 0 Å². The zero-order valence-corrected chi connectivity index (χ0v) is 11.2. The summed E-state index contributed by atoms with van der Waals surface area (Å²) in [6.07, 6.45) is -2.41. The second kappa shape index (κ2) is 6.64. The quantitative estimate of drug-likeness (QED) is 0.787. The fourth-order valence-corrected chi connectivity index (χ4v) is 2.30. The monoisotopic (exact) mass is 285 g/mol. The lowest BCUT2D eigenvalue weighted by atomic mass is 9.80. The molecular weight excluding hydrogens is 267 g/mol. The fraction of sp³-hybridized carbons (Fsp3) is 0.917. The number of carbonyl (C=O) groups is 1. The van der Waals surface area contributed by atoms with Crippen LogP contribution < -0.4 is 5.32 Å². The van der Waals surface area contributed by atoms with E-state index < -0.39 is 18.0 Å². The molecule has 0 aliphatic heterocycles. The van der Waals surface area contributed by atoms with Gasteiger partial charge in [-0.25, -0.2) is 0 Å². The maximum Gasteiger partial charge on any atom is 0.391 e. The Morgan fingerprint density at radius 3 is 2.67 bits per heavy atom. The summed E-state index contributed by atoms with van der Waals surface area (Å²) in [5, 5.41) is 2.48. The number of carbonyl (C=O) groups excluding carboxylic acids is 1. The zero-order chi connectivity index (χ0) is 13.8. The molecule has 1 amide bonds. The first-order valence-corrected chi connectivity index (χ1v) is 6.76. The molecule has 3 unspecified atom stereocenters. The molecule has 1 aliphatic carbocycles. The molecule has 106 valence electrons. The van der Waals surface area contributed by atoms with Gasteiger partial charge in [0.05, 0.1) is 11.3 Å². The van der Waals surface area contributed by atoms with Crippen molar-refractivity contribution in [2.24, 2.45) is 11.8 Å². The molecule has 18 heavy (non-hydrogen) atoms. The Morgan fingerprint density at radius 1 is 1.44 bits per heavy atom. The van der Waals surface area contributed by atoms with Crippen LogP contribution in [0.4, 0.5) is 13.2 Å². The summed E-state index contributed by atoms with van der Waals surface area (Å²) < 4.78 is 37.8. The molecule has 6 heteroatoms. The maximum atomic E-state index is 12.6. The number of halogens is 4. The van der Waals surface area contributed by atoms with E-state index in [1.54, 1.807) is 0 Å². The van der Waals surface area contributed by atoms with Crippen LogP contribution in [0, 0.1) is 11.8 Å². The van der Waals surface area contributed by atoms with E-state index in [4.69, 9.17) is 11.6 Å². The molecule has 0 aromatic rings. The van der Waals surface area contributed by atoms with Crippen LogP contribution in [0.5, 0.6) is 0 Å². The van der Waals surface area contributed by atoms with E-state index in [1.165, 1.54) is 0 Å². The van der Waals surface area contributed by atoms with Crippen molar-refractivity contribution in [3.63, 3.8) is 0 Å². The summed E-state index contributed by atoms with van der Waals surface area (Å²) in [5.74, 6) is -2.14. The van der Waals surface area contributed by atoms with Gasteiger partial charge >= 0.3 is 6.18 Å². The highest BCUT2D eigenvalue weighted by atomic mass is 35.5. The molecule has 1 saturated carbocycles. The van der Waals surface area contributed by atoms with Crippen LogP contribution in [0.15, 0.2) is 0 Å². The SMILES string of the molecule is CCC(Cl)CNC(=O)C1CCCC(C(F)(F)F)C1. The predicted molar refractivity (Wildman–Crippen MR) is 64.4 cm³/mol. The van der Waals surface area contributed by atoms with Crippen LogP contribution in [0.3, 0.4) is 0 Å². The molecule has 1 rings (SSSR count). The number of rotatable bonds is 4. The Hall–Kier alpha value is -0.450. The fourth-order valence-electron chi connectivity index (χ4n) is 2.23. The smallest absolute Gasteiger partial charge is 0.354 e. The van der Waals surface area contributed by atoms with Crippen LogP contribution >= 0.6 is 11.6 Å². The lowest BCUT2D eigenvalue weighted by molar-refractivity contribution is -0.186. The van der Waals surface area contributed by atoms with Gasteiger partial charge in [0.2, 0.25) is 5.91 Å². The largest absolute Gasteiger partial charge is 0.391 e. The van der Waals surface area contributed by atoms with E-state index >= 15 is 0 Å². The summed E-state index contributed by atoms with van der Waals surface area (Å²) in [5.41, 5.74) is 0. The van der Waals surface area contributed by atoms with E-state index in [9.17, 15) is 18.0 Å². The van der Waals surface area contributed by atoms with E-state index in [2.05, 4.69) is 5.32 Å². The zero-order valence-electron chi connectivity index (χ0n) is 10.4. The Bertz CT molecular complexity index is 283. The summed E-state index contributed by atoms with van der Waals surface area (Å²) in [4.78, 5) is 11.8. The molecule has 0 aromatic carbocycles. The van der Waals surface area contributed by atoms with Gasteiger partial charge in [-0.05, 0) is 25.7 Å². The van der Waals surface area contributed by atoms with Gasteiger partial charge < -0.3 is 5.32 Å². The van der Waals surface area contributed by atoms with Crippen molar-refractivity contribution in [2.45, 2.75) is 50.6 Å². The van der Waals surface area contributed by atoms with Gasteiger partial charge in [0.1, 0.15) is 0 Å². The van der Waals surface area contributed by atoms with Crippen molar-refractivity contribution in [1.82, 2.24) is 5.32 Å². The van der Waals surface area contributed by atoms with Crippen molar-refractivity contribution in [3.05, 3.63) is 0 Å². The molecule has 0 saturated heterocycles. The first-order valence-electron chi connectivity index (χ1n) is 6.33. The van der Waals surface area contributed by atoms with Gasteiger partial charge in [0.15, 0.2) is 0 Å². The van der Waals surface area contributed by atoms with Crippen LogP contribution in [-0.4, -0.2) is 24.0 Å². The van der Waals surface area contributed by atoms with Gasteiger partial charge in [-0.15, -0.1) is 11.6 Å². The van der Waals surface area contributed by atoms with Crippen LogP contribution in [0.1, 0.15) is 39.0 Å². The maximum absolute atomic E-state index is 12.6. The van der Waals surface area contributed by atoms with Crippen molar-refractivity contribution in [1.29, 1.82) is 0 Å². The average Bonchev–Trinajstić information content (AvgIpc) is 2.34. The molecule has 3 atom stereocenters. The number of nitrogens with one attached hydrogen (secondary N) is 1. The van der Waals surface area contributed by atoms with Gasteiger partial charge in [-0.3, -0.25) is 4.79 Å². The molecule has 1 fully saturated rings. The minimum absolute atomic E-state index is 0.0889. The minimum atomic E-state index is -4.18. The van der Waals surface area contributed by atoms with Gasteiger partial charge in [0, 0.05) is 12.5 Å². The Kier molecular flexibility index (Phi) is 5.76. The molecule has 2 nitrogen and oxygen atoms in total. The standard InChI is InChI=1S/C12H19ClF3NO/c1-2-10(13)7-17-11(18)8-4-3-5-9(6-8)12(14,15)16/h8-10H,2-7H2,1H3,(H,17,18). The number of amides is 1. The Balaban J connectivity index is 2.44. The molecule has 0 aromatic heterocycles. The van der Waals surface area contributed by atoms with E-state index in [0.717, 1.165) is 6.42 Å². The summed E-state index contributed by atoms with van der Waals surface area (Å²) in [6.45, 7) is 2.22. The van der Waals surface area contributed by atoms with E-state index in [-0.39, 0.29) is 24.1 Å². The third-order valence-electron chi connectivity index (χ3n) is 3.45. The third-order valence-corrected chi connectivity index (χ3v) is 3.91. The van der Waals surface area contributed by atoms with Crippen LogP contribution in [0.25, 0.3) is 0 Å². The molecule has 0 heterocycles. The van der Waals surface area contributed by atoms with Crippen molar-refractivity contribution in [2.75, 3.05) is 6.54 Å². The molecule has 0 radical (unpaired) electrons. The van der Waals surface area contributed by atoms with E-state index in [1.807, 2.05) is 6.92 Å². The Labute approximate surface area is 110 Å². The molecule has 1 aliphatic rings. The summed E-state index contributed by atoms with van der Waals surface area (Å²) in [7, 11) is 0. The van der Waals surface area contributed by atoms with Crippen molar-refractivity contribution >= 4 is 17.5 Å². The third kappa shape index (κ3) is 4.67. The van der Waals surface area contributed by atoms with Gasteiger partial charge in [0.25, 0.3) is 0 Å². The molecule has 0 spiro atoms. The number of alkyl halides is 4. The summed E-state index contributed by atoms with van der Waals surface area (Å²) in [6, 6.07) is 0. The lowest BCUT2D eigenvalue weighted by Gasteiger charge is -2.29. The first-order chi connectivity index (χ1) is 8.34. The highest BCUT2D eigenvalue weighted by Gasteiger charge is 2.43. The minimum Gasteiger partial charge on any atom is -0.354 e. The number of hydrogen-bond donors (Lipinski definition) is 1. The van der Waals surface area contributed by atoms with Crippen molar-refractivity contribution in [3.8, 4) is 0 Å². The van der Waals surface area contributed by atoms with Crippen molar-refractivity contribution < 1.29 is 18.0 Å². The average molecular weight is 286 g/mol. The Morgan fingerprint density at radius 2 is 2.11 bits per heavy atom. The topological polar surface area (TPSA) is 29.1 Å². The highest BCUT2D eigenvalue weighted by molar-refractivity contribution is 6.20. The van der Waals surface area contributed by atoms with Crippen LogP contribution in [-0.2, 0) is 4.79 Å². The van der Waals surface area contributed by atoms with E-state index in [0.29, 0.717) is 19.4 Å².